The second-order valence-electron chi connectivity index (χ2n) is 8.65. The van der Waals surface area contributed by atoms with E-state index >= 15 is 0 Å². The predicted octanol–water partition coefficient (Wildman–Crippen LogP) is 4.51. The summed E-state index contributed by atoms with van der Waals surface area (Å²) in [5.74, 6) is -0.438. The molecule has 1 saturated carbocycles. The lowest BCUT2D eigenvalue weighted by molar-refractivity contribution is -0.143. The van der Waals surface area contributed by atoms with Crippen molar-refractivity contribution in [3.8, 4) is 0 Å². The van der Waals surface area contributed by atoms with Crippen LogP contribution in [0.5, 0.6) is 0 Å². The molecule has 6 nitrogen and oxygen atoms in total. The van der Waals surface area contributed by atoms with E-state index in [4.69, 9.17) is 17.4 Å². The molecule has 1 aromatic heterocycles. The van der Waals surface area contributed by atoms with Gasteiger partial charge in [0.05, 0.1) is 31.3 Å². The molecule has 2 heterocycles. The van der Waals surface area contributed by atoms with Crippen LogP contribution in [-0.2, 0) is 20.9 Å². The minimum Gasteiger partial charge on any atom is -0.466 e. The molecule has 0 amide bonds. The van der Waals surface area contributed by atoms with Gasteiger partial charge in [-0.3, -0.25) is 19.2 Å². The van der Waals surface area contributed by atoms with Gasteiger partial charge in [0.15, 0.2) is 5.78 Å². The molecule has 1 aromatic carbocycles. The number of thiol groups is 1. The highest BCUT2D eigenvalue weighted by Gasteiger charge is 2.40. The van der Waals surface area contributed by atoms with Crippen LogP contribution in [0.3, 0.4) is 0 Å². The minimum atomic E-state index is -0.579. The lowest BCUT2D eigenvalue weighted by Crippen LogP contribution is -2.42. The molecule has 184 valence electrons. The Bertz CT molecular complexity index is 1040. The molecule has 9 heteroatoms. The van der Waals surface area contributed by atoms with Crippen molar-refractivity contribution in [1.82, 2.24) is 14.7 Å². The maximum absolute atomic E-state index is 14.7. The quantitative estimate of drug-likeness (QED) is 0.400. The number of carbonyl (C=O) groups excluding carboxylic acids is 2. The van der Waals surface area contributed by atoms with Crippen LogP contribution >= 0.6 is 25.0 Å². The molecule has 0 radical (unpaired) electrons. The number of Topliss-reactive ketones (excluding diaryl/α,β-unsaturated/α-hetero) is 1. The van der Waals surface area contributed by atoms with Crippen molar-refractivity contribution >= 4 is 42.9 Å². The summed E-state index contributed by atoms with van der Waals surface area (Å²) in [6, 6.07) is 7.90. The lowest BCUT2D eigenvalue weighted by Gasteiger charge is -2.37. The second-order valence-corrected chi connectivity index (χ2v) is 9.28. The van der Waals surface area contributed by atoms with Crippen LogP contribution in [0.1, 0.15) is 49.9 Å². The number of aromatic nitrogens is 2. The molecule has 2 fully saturated rings. The average Bonchev–Trinajstić information content (AvgIpc) is 3.56. The van der Waals surface area contributed by atoms with E-state index in [1.54, 1.807) is 29.8 Å². The van der Waals surface area contributed by atoms with Crippen molar-refractivity contribution < 1.29 is 18.7 Å². The van der Waals surface area contributed by atoms with Crippen LogP contribution < -0.4 is 0 Å². The first-order valence-corrected chi connectivity index (χ1v) is 12.1. The van der Waals surface area contributed by atoms with Crippen LogP contribution in [0.4, 0.5) is 4.39 Å². The molecule has 4 rings (SSSR count). The molecule has 2 aromatic rings. The standard InChI is InChI=1S/C25H30FN3O3S.ClH/c1-2-32-23(30)11-14-29-13-9-19(27-29)15-18-16-28(12-10-22(18)33)24(25(31)17-7-8-17)20-5-3-4-6-21(20)26;/h3-6,9,13,15,17,22,24,33H,2,7-8,10-12,14,16H2,1H3;1H/t22-,24+;/m1./s1. The van der Waals surface area contributed by atoms with Crippen LogP contribution in [0.25, 0.3) is 6.08 Å². The van der Waals surface area contributed by atoms with Gasteiger partial charge in [-0.25, -0.2) is 4.39 Å². The maximum atomic E-state index is 14.7. The van der Waals surface area contributed by atoms with Crippen molar-refractivity contribution in [3.63, 3.8) is 0 Å². The Hall–Kier alpha value is -2.16. The predicted molar refractivity (Wildman–Crippen MR) is 135 cm³/mol. The fourth-order valence-corrected chi connectivity index (χ4v) is 4.55. The Morgan fingerprint density at radius 3 is 2.74 bits per heavy atom. The third-order valence-electron chi connectivity index (χ3n) is 6.16. The SMILES string of the molecule is CCOC(=O)CCn1ccc(C=C2CN([C@H](C(=O)C3CC3)c3ccccc3F)CC[C@H]2S)n1.Cl. The first-order valence-electron chi connectivity index (χ1n) is 11.6. The smallest absolute Gasteiger partial charge is 0.307 e. The molecule has 0 unspecified atom stereocenters. The van der Waals surface area contributed by atoms with E-state index in [2.05, 4.69) is 10.00 Å². The second kappa shape index (κ2) is 12.0. The van der Waals surface area contributed by atoms with E-state index in [0.29, 0.717) is 31.8 Å². The third-order valence-corrected chi connectivity index (χ3v) is 6.75. The summed E-state index contributed by atoms with van der Waals surface area (Å²) in [4.78, 5) is 26.8. The molecule has 0 N–H and O–H groups in total. The Morgan fingerprint density at radius 2 is 2.03 bits per heavy atom. The first kappa shape index (κ1) is 26.4. The summed E-state index contributed by atoms with van der Waals surface area (Å²) >= 11 is 4.76. The minimum absolute atomic E-state index is 0. The molecule has 0 spiro atoms. The van der Waals surface area contributed by atoms with E-state index in [1.165, 1.54) is 6.07 Å². The van der Waals surface area contributed by atoms with Crippen molar-refractivity contribution in [2.45, 2.75) is 50.4 Å². The number of ether oxygens (including phenoxy) is 1. The van der Waals surface area contributed by atoms with Crippen molar-refractivity contribution in [2.75, 3.05) is 19.7 Å². The zero-order chi connectivity index (χ0) is 23.4. The monoisotopic (exact) mass is 507 g/mol. The number of benzene rings is 1. The van der Waals surface area contributed by atoms with Gasteiger partial charge in [0.25, 0.3) is 0 Å². The number of nitrogens with zero attached hydrogens (tertiary/aromatic N) is 3. The van der Waals surface area contributed by atoms with Gasteiger partial charge >= 0.3 is 5.97 Å². The highest BCUT2D eigenvalue weighted by molar-refractivity contribution is 7.81. The molecule has 1 aliphatic heterocycles. The average molecular weight is 508 g/mol. The maximum Gasteiger partial charge on any atom is 0.307 e. The lowest BCUT2D eigenvalue weighted by atomic mass is 9.93. The summed E-state index contributed by atoms with van der Waals surface area (Å²) in [5, 5.41) is 4.58. The van der Waals surface area contributed by atoms with Crippen LogP contribution in [0.2, 0.25) is 0 Å². The van der Waals surface area contributed by atoms with Gasteiger partial charge in [0.2, 0.25) is 0 Å². The number of hydrogen-bond donors (Lipinski definition) is 1. The van der Waals surface area contributed by atoms with Crippen LogP contribution in [0.15, 0.2) is 42.1 Å². The van der Waals surface area contributed by atoms with E-state index in [9.17, 15) is 14.0 Å². The summed E-state index contributed by atoms with van der Waals surface area (Å²) < 4.78 is 21.4. The van der Waals surface area contributed by atoms with Crippen molar-refractivity contribution in [2.24, 2.45) is 5.92 Å². The Labute approximate surface area is 211 Å². The van der Waals surface area contributed by atoms with Gasteiger partial charge < -0.3 is 4.74 Å². The number of piperidine rings is 1. The molecule has 2 atom stereocenters. The molecule has 1 saturated heterocycles. The molecule has 2 aliphatic rings. The number of aryl methyl sites for hydroxylation is 1. The Balaban J connectivity index is 0.00000324. The number of carbonyl (C=O) groups is 2. The Kier molecular flexibility index (Phi) is 9.33. The van der Waals surface area contributed by atoms with Crippen molar-refractivity contribution in [1.29, 1.82) is 0 Å². The molecule has 34 heavy (non-hydrogen) atoms. The normalized spacial score (nSPS) is 20.6. The molecular weight excluding hydrogens is 477 g/mol. The number of hydrogen-bond acceptors (Lipinski definition) is 6. The van der Waals surface area contributed by atoms with E-state index in [0.717, 1.165) is 30.5 Å². The van der Waals surface area contributed by atoms with E-state index in [-0.39, 0.29) is 47.6 Å². The van der Waals surface area contributed by atoms with Gasteiger partial charge in [-0.05, 0) is 50.0 Å². The Morgan fingerprint density at radius 1 is 1.26 bits per heavy atom. The van der Waals surface area contributed by atoms with Gasteiger partial charge in [0.1, 0.15) is 5.82 Å². The largest absolute Gasteiger partial charge is 0.466 e. The highest BCUT2D eigenvalue weighted by atomic mass is 35.5. The number of ketones is 1. The molecule has 1 aliphatic carbocycles. The van der Waals surface area contributed by atoms with E-state index in [1.807, 2.05) is 18.3 Å². The number of halogens is 2. The summed E-state index contributed by atoms with van der Waals surface area (Å²) in [5.41, 5.74) is 2.27. The van der Waals surface area contributed by atoms with Gasteiger partial charge in [-0.15, -0.1) is 12.4 Å². The number of likely N-dealkylation sites (tertiary alicyclic amines) is 1. The first-order chi connectivity index (χ1) is 16.0. The van der Waals surface area contributed by atoms with Gasteiger partial charge in [-0.2, -0.15) is 17.7 Å². The molecule has 0 bridgehead atoms. The number of esters is 1. The summed E-state index contributed by atoms with van der Waals surface area (Å²) in [6.45, 7) is 3.81. The van der Waals surface area contributed by atoms with Crippen molar-refractivity contribution in [3.05, 3.63) is 59.2 Å². The zero-order valence-corrected chi connectivity index (χ0v) is 20.9. The zero-order valence-electron chi connectivity index (χ0n) is 19.2. The van der Waals surface area contributed by atoms with Gasteiger partial charge in [0, 0.05) is 36.0 Å². The summed E-state index contributed by atoms with van der Waals surface area (Å²) in [7, 11) is 0. The highest BCUT2D eigenvalue weighted by Crippen LogP contribution is 2.39. The van der Waals surface area contributed by atoms with Gasteiger partial charge in [-0.1, -0.05) is 18.2 Å². The molecular formula is C25H31ClFN3O3S. The number of rotatable bonds is 9. The third kappa shape index (κ3) is 6.49. The van der Waals surface area contributed by atoms with Crippen LogP contribution in [0, 0.1) is 11.7 Å². The fraction of sp³-hybridized carbons (Fsp3) is 0.480. The van der Waals surface area contributed by atoms with Crippen LogP contribution in [-0.4, -0.2) is 51.4 Å². The summed E-state index contributed by atoms with van der Waals surface area (Å²) in [6.07, 6.45) is 6.63. The fourth-order valence-electron chi connectivity index (χ4n) is 4.28. The topological polar surface area (TPSA) is 64.4 Å². The van der Waals surface area contributed by atoms with E-state index < -0.39 is 6.04 Å².